The molecule has 11 heteroatoms. The summed E-state index contributed by atoms with van der Waals surface area (Å²) in [4.78, 5) is 45.2. The number of amides is 4. The van der Waals surface area contributed by atoms with E-state index < -0.39 is 18.2 Å². The fourth-order valence-electron chi connectivity index (χ4n) is 4.44. The smallest absolute Gasteiger partial charge is 0.326 e. The Balaban J connectivity index is 1.40. The van der Waals surface area contributed by atoms with Gasteiger partial charge in [0.25, 0.3) is 11.8 Å². The lowest BCUT2D eigenvalue weighted by molar-refractivity contribution is -0.134. The van der Waals surface area contributed by atoms with Gasteiger partial charge < -0.3 is 30.3 Å². The summed E-state index contributed by atoms with van der Waals surface area (Å²) in [6.07, 6.45) is 0.691. The summed E-state index contributed by atoms with van der Waals surface area (Å²) in [5.74, 6) is 6.79. The van der Waals surface area contributed by atoms with E-state index in [9.17, 15) is 14.4 Å². The van der Waals surface area contributed by atoms with Gasteiger partial charge in [-0.3, -0.25) is 14.5 Å². The van der Waals surface area contributed by atoms with Crippen molar-refractivity contribution in [2.75, 3.05) is 39.9 Å². The Hall–Kier alpha value is -3.78. The summed E-state index contributed by atoms with van der Waals surface area (Å²) in [5.41, 5.74) is 0.640. The lowest BCUT2D eigenvalue weighted by Crippen LogP contribution is -2.66. The van der Waals surface area contributed by atoms with Crippen LogP contribution in [0, 0.1) is 11.8 Å². The number of imide groups is 1. The maximum absolute atomic E-state index is 12.9. The number of methoxy groups -OCH3 is 1. The number of aliphatic imine (C=N–C) groups is 1. The third-order valence-corrected chi connectivity index (χ3v) is 6.49. The van der Waals surface area contributed by atoms with Crippen molar-refractivity contribution in [3.05, 3.63) is 23.8 Å². The molecule has 36 heavy (non-hydrogen) atoms. The third kappa shape index (κ3) is 5.39. The molecule has 2 fully saturated rings. The molecule has 11 nitrogen and oxygen atoms in total. The van der Waals surface area contributed by atoms with Gasteiger partial charge in [-0.15, -0.1) is 0 Å². The monoisotopic (exact) mass is 496 g/mol. The zero-order valence-corrected chi connectivity index (χ0v) is 20.8. The fraction of sp³-hybridized carbons (Fsp3) is 0.520. The van der Waals surface area contributed by atoms with Gasteiger partial charge in [-0.25, -0.2) is 9.79 Å². The van der Waals surface area contributed by atoms with E-state index in [4.69, 9.17) is 9.47 Å². The van der Waals surface area contributed by atoms with Crippen molar-refractivity contribution in [3.63, 3.8) is 0 Å². The highest BCUT2D eigenvalue weighted by Gasteiger charge is 2.46. The maximum atomic E-state index is 12.9. The number of hydrogen-bond donors (Lipinski definition) is 3. The molecule has 0 radical (unpaired) electrons. The van der Waals surface area contributed by atoms with E-state index in [0.717, 1.165) is 13.1 Å². The van der Waals surface area contributed by atoms with E-state index in [1.54, 1.807) is 23.1 Å². The molecule has 4 amide bonds. The molecule has 1 aromatic rings. The van der Waals surface area contributed by atoms with Crippen LogP contribution in [0.25, 0.3) is 0 Å². The van der Waals surface area contributed by atoms with E-state index in [-0.39, 0.29) is 24.5 Å². The number of piperazine rings is 1. The molecule has 3 N–H and O–H groups in total. The van der Waals surface area contributed by atoms with Gasteiger partial charge in [0.1, 0.15) is 6.04 Å². The van der Waals surface area contributed by atoms with E-state index >= 15 is 0 Å². The number of rotatable bonds is 7. The second kappa shape index (κ2) is 11.3. The van der Waals surface area contributed by atoms with E-state index in [2.05, 4.69) is 32.8 Å². The Morgan fingerprint density at radius 1 is 1.14 bits per heavy atom. The second-order valence-corrected chi connectivity index (χ2v) is 8.71. The molecule has 3 aliphatic rings. The molecule has 0 aliphatic carbocycles. The number of nitrogens with zero attached hydrogens (tertiary/aromatic N) is 3. The molecule has 192 valence electrons. The van der Waals surface area contributed by atoms with Crippen molar-refractivity contribution in [1.82, 2.24) is 25.8 Å². The number of carbonyl (C=O) groups excluding carboxylic acids is 3. The topological polar surface area (TPSA) is 125 Å². The molecule has 2 unspecified atom stereocenters. The van der Waals surface area contributed by atoms with Crippen molar-refractivity contribution >= 4 is 23.7 Å². The minimum atomic E-state index is -0.682. The van der Waals surface area contributed by atoms with E-state index in [0.29, 0.717) is 48.8 Å². The average Bonchev–Trinajstić information content (AvgIpc) is 3.32. The van der Waals surface area contributed by atoms with Crippen LogP contribution >= 0.6 is 0 Å². The normalized spacial score (nSPS) is 21.2. The first-order valence-electron chi connectivity index (χ1n) is 12.2. The predicted molar refractivity (Wildman–Crippen MR) is 133 cm³/mol. The van der Waals surface area contributed by atoms with Crippen molar-refractivity contribution in [2.24, 2.45) is 4.99 Å². The molecular formula is C25H32N6O5. The van der Waals surface area contributed by atoms with Crippen LogP contribution in [-0.4, -0.2) is 91.6 Å². The first-order chi connectivity index (χ1) is 17.4. The Kier molecular flexibility index (Phi) is 7.95. The summed E-state index contributed by atoms with van der Waals surface area (Å²) >= 11 is 0. The first kappa shape index (κ1) is 25.3. The number of nitrogens with one attached hydrogen (secondary N) is 3. The minimum Gasteiger partial charge on any atom is -0.493 e. The summed E-state index contributed by atoms with van der Waals surface area (Å²) in [5, 5.41) is 9.04. The number of ether oxygens (including phenoxy) is 2. The van der Waals surface area contributed by atoms with Crippen molar-refractivity contribution in [3.8, 4) is 23.3 Å². The summed E-state index contributed by atoms with van der Waals surface area (Å²) in [6.45, 7) is 6.72. The molecule has 3 heterocycles. The quantitative estimate of drug-likeness (QED) is 0.464. The van der Waals surface area contributed by atoms with Gasteiger partial charge in [0.15, 0.2) is 30.1 Å². The standard InChI is InChI=1S/C25H32N6O5/c1-4-17(5-2)31-24(33)22-23(29-25(31)34)28-20(27-22)9-7-16-6-8-18(19(14-16)35-3)36-15-21(32)30-12-10-26-11-13-30/h6,8,14,17,22-23,26H,4-5,10-13,15H2,1-3H3,(H,27,28)(H,29,34). The summed E-state index contributed by atoms with van der Waals surface area (Å²) in [7, 11) is 1.52. The summed E-state index contributed by atoms with van der Waals surface area (Å²) < 4.78 is 11.1. The zero-order valence-electron chi connectivity index (χ0n) is 20.8. The molecule has 0 bridgehead atoms. The van der Waals surface area contributed by atoms with Crippen molar-refractivity contribution < 1.29 is 23.9 Å². The number of urea groups is 1. The lowest BCUT2D eigenvalue weighted by atomic mass is 10.1. The second-order valence-electron chi connectivity index (χ2n) is 8.71. The van der Waals surface area contributed by atoms with Gasteiger partial charge in [0.2, 0.25) is 0 Å². The van der Waals surface area contributed by atoms with Gasteiger partial charge in [-0.2, -0.15) is 0 Å². The van der Waals surface area contributed by atoms with Crippen LogP contribution in [0.5, 0.6) is 11.5 Å². The average molecular weight is 497 g/mol. The highest BCUT2D eigenvalue weighted by Crippen LogP contribution is 2.28. The van der Waals surface area contributed by atoms with Crippen LogP contribution in [-0.2, 0) is 9.59 Å². The fourth-order valence-corrected chi connectivity index (χ4v) is 4.44. The van der Waals surface area contributed by atoms with Crippen LogP contribution in [0.1, 0.15) is 32.3 Å². The van der Waals surface area contributed by atoms with Crippen LogP contribution in [0.2, 0.25) is 0 Å². The van der Waals surface area contributed by atoms with Crippen LogP contribution in [0.15, 0.2) is 23.2 Å². The van der Waals surface area contributed by atoms with Crippen molar-refractivity contribution in [1.29, 1.82) is 0 Å². The Morgan fingerprint density at radius 2 is 1.89 bits per heavy atom. The number of fused-ring (bicyclic) bond motifs is 1. The van der Waals surface area contributed by atoms with E-state index in [1.165, 1.54) is 12.0 Å². The third-order valence-electron chi connectivity index (χ3n) is 6.49. The van der Waals surface area contributed by atoms with Gasteiger partial charge in [0, 0.05) is 37.8 Å². The molecular weight excluding hydrogens is 464 g/mol. The van der Waals surface area contributed by atoms with Crippen LogP contribution < -0.4 is 25.4 Å². The minimum absolute atomic E-state index is 0.0707. The van der Waals surface area contributed by atoms with Gasteiger partial charge in [-0.05, 0) is 37.0 Å². The summed E-state index contributed by atoms with van der Waals surface area (Å²) in [6, 6.07) is 3.91. The molecule has 4 rings (SSSR count). The van der Waals surface area contributed by atoms with Crippen LogP contribution in [0.3, 0.4) is 0 Å². The largest absolute Gasteiger partial charge is 0.493 e. The number of hydrogen-bond acceptors (Lipinski definition) is 8. The van der Waals surface area contributed by atoms with Gasteiger partial charge in [-0.1, -0.05) is 19.8 Å². The van der Waals surface area contributed by atoms with E-state index in [1.807, 2.05) is 13.8 Å². The SMILES string of the molecule is CCC(CC)N1C(=O)NC2N=C(C#Cc3ccc(OCC(=O)N4CCNCC4)c(OC)c3)NC2C1=O. The molecule has 0 saturated carbocycles. The van der Waals surface area contributed by atoms with Crippen molar-refractivity contribution in [2.45, 2.75) is 44.9 Å². The molecule has 2 saturated heterocycles. The Bertz CT molecular complexity index is 1100. The number of amidine groups is 1. The zero-order chi connectivity index (χ0) is 25.7. The molecule has 3 aliphatic heterocycles. The Labute approximate surface area is 210 Å². The van der Waals surface area contributed by atoms with Gasteiger partial charge >= 0.3 is 6.03 Å². The highest BCUT2D eigenvalue weighted by molar-refractivity contribution is 6.08. The molecule has 0 spiro atoms. The Morgan fingerprint density at radius 3 is 2.58 bits per heavy atom. The number of benzene rings is 1. The first-order valence-corrected chi connectivity index (χ1v) is 12.2. The van der Waals surface area contributed by atoms with Gasteiger partial charge in [0.05, 0.1) is 7.11 Å². The molecule has 1 aromatic carbocycles. The molecule has 2 atom stereocenters. The maximum Gasteiger partial charge on any atom is 0.326 e. The predicted octanol–water partition coefficient (Wildman–Crippen LogP) is 0.294. The molecule has 0 aromatic heterocycles. The van der Waals surface area contributed by atoms with Crippen LogP contribution in [0.4, 0.5) is 4.79 Å². The number of carbonyl (C=O) groups is 3. The highest BCUT2D eigenvalue weighted by atomic mass is 16.5. The lowest BCUT2D eigenvalue weighted by Gasteiger charge is -2.36.